The number of piperazine rings is 1. The molecular weight excluding hydrogens is 504 g/mol. The maximum Gasteiger partial charge on any atom is 0.270 e. The molecule has 0 spiro atoms. The Labute approximate surface area is 236 Å². The van der Waals surface area contributed by atoms with E-state index < -0.39 is 0 Å². The summed E-state index contributed by atoms with van der Waals surface area (Å²) >= 11 is 6.07. The number of aryl methyl sites for hydroxylation is 2. The van der Waals surface area contributed by atoms with Crippen LogP contribution >= 0.6 is 11.6 Å². The molecule has 1 aromatic heterocycles. The van der Waals surface area contributed by atoms with Gasteiger partial charge in [0.2, 0.25) is 0 Å². The molecule has 202 valence electrons. The zero-order valence-electron chi connectivity index (χ0n) is 22.9. The van der Waals surface area contributed by atoms with Gasteiger partial charge in [0.1, 0.15) is 5.69 Å². The lowest BCUT2D eigenvalue weighted by atomic mass is 9.84. The lowest BCUT2D eigenvalue weighted by Gasteiger charge is -2.36. The minimum atomic E-state index is 0.113. The number of piperidine rings is 1. The van der Waals surface area contributed by atoms with E-state index in [1.165, 1.54) is 16.7 Å². The van der Waals surface area contributed by atoms with E-state index in [1.807, 2.05) is 23.1 Å². The van der Waals surface area contributed by atoms with Gasteiger partial charge in [0.25, 0.3) is 5.91 Å². The van der Waals surface area contributed by atoms with Crippen LogP contribution in [0.2, 0.25) is 5.02 Å². The van der Waals surface area contributed by atoms with Crippen LogP contribution in [0.1, 0.15) is 51.5 Å². The Morgan fingerprint density at radius 2 is 1.51 bits per heavy atom. The molecule has 0 unspecified atom stereocenters. The molecule has 0 aliphatic carbocycles. The summed E-state index contributed by atoms with van der Waals surface area (Å²) in [6.45, 7) is 10.4. The van der Waals surface area contributed by atoms with Crippen LogP contribution in [0.25, 0.3) is 10.9 Å². The van der Waals surface area contributed by atoms with E-state index in [4.69, 9.17) is 11.6 Å². The predicted molar refractivity (Wildman–Crippen MR) is 161 cm³/mol. The Bertz CT molecular complexity index is 1440. The van der Waals surface area contributed by atoms with E-state index in [0.29, 0.717) is 19.0 Å². The van der Waals surface area contributed by atoms with E-state index in [9.17, 15) is 4.79 Å². The number of para-hydroxylation sites is 1. The normalized spacial score (nSPS) is 17.2. The molecule has 3 heterocycles. The number of anilines is 1. The molecule has 1 N–H and O–H groups in total. The van der Waals surface area contributed by atoms with Gasteiger partial charge >= 0.3 is 0 Å². The van der Waals surface area contributed by atoms with Crippen LogP contribution in [-0.2, 0) is 6.54 Å². The van der Waals surface area contributed by atoms with Crippen LogP contribution < -0.4 is 4.90 Å². The van der Waals surface area contributed by atoms with Crippen LogP contribution in [0.15, 0.2) is 66.7 Å². The van der Waals surface area contributed by atoms with Crippen LogP contribution in [0.3, 0.4) is 0 Å². The zero-order chi connectivity index (χ0) is 26.9. The third kappa shape index (κ3) is 5.30. The van der Waals surface area contributed by atoms with Gasteiger partial charge in [-0.25, -0.2) is 0 Å². The van der Waals surface area contributed by atoms with Crippen molar-refractivity contribution in [1.29, 1.82) is 0 Å². The summed E-state index contributed by atoms with van der Waals surface area (Å²) in [4.78, 5) is 24.2. The van der Waals surface area contributed by atoms with Gasteiger partial charge in [-0.05, 0) is 92.7 Å². The Morgan fingerprint density at radius 1 is 0.846 bits per heavy atom. The minimum Gasteiger partial charge on any atom is -0.368 e. The molecule has 4 aromatic rings. The van der Waals surface area contributed by atoms with Crippen molar-refractivity contribution in [3.05, 3.63) is 99.7 Å². The molecular formula is C33H37ClN4O. The number of fused-ring (bicyclic) bond motifs is 1. The number of aromatic amines is 1. The van der Waals surface area contributed by atoms with Crippen molar-refractivity contribution >= 4 is 34.1 Å². The van der Waals surface area contributed by atoms with Crippen molar-refractivity contribution in [2.24, 2.45) is 0 Å². The number of hydrogen-bond donors (Lipinski definition) is 1. The fourth-order valence-electron chi connectivity index (χ4n) is 6.60. The van der Waals surface area contributed by atoms with Crippen molar-refractivity contribution in [3.8, 4) is 0 Å². The Kier molecular flexibility index (Phi) is 7.37. The molecule has 2 aliphatic rings. The first-order valence-electron chi connectivity index (χ1n) is 14.2. The monoisotopic (exact) mass is 540 g/mol. The van der Waals surface area contributed by atoms with Crippen LogP contribution in [0.5, 0.6) is 0 Å². The second kappa shape index (κ2) is 11.1. The standard InChI is InChI=1S/C33H37ClN4O/c1-23-6-5-7-24(2)31(23)25-14-16-36(17-15-25)22-29-28-8-3-4-9-30(28)35-32(29)33(39)38-20-18-37(19-21-38)27-12-10-26(34)11-13-27/h3-13,25,35H,14-22H2,1-2H3. The second-order valence-corrected chi connectivity index (χ2v) is 11.6. The van der Waals surface area contributed by atoms with E-state index in [-0.39, 0.29) is 5.91 Å². The lowest BCUT2D eigenvalue weighted by Crippen LogP contribution is -2.49. The molecule has 0 bridgehead atoms. The van der Waals surface area contributed by atoms with Crippen LogP contribution in [-0.4, -0.2) is 60.0 Å². The average molecular weight is 541 g/mol. The van der Waals surface area contributed by atoms with Crippen molar-refractivity contribution in [2.75, 3.05) is 44.2 Å². The maximum atomic E-state index is 13.9. The minimum absolute atomic E-state index is 0.113. The summed E-state index contributed by atoms with van der Waals surface area (Å²) in [5, 5.41) is 1.91. The van der Waals surface area contributed by atoms with Crippen LogP contribution in [0.4, 0.5) is 5.69 Å². The summed E-state index contributed by atoms with van der Waals surface area (Å²) in [5.74, 6) is 0.728. The zero-order valence-corrected chi connectivity index (χ0v) is 23.7. The van der Waals surface area contributed by atoms with Gasteiger partial charge in [0.15, 0.2) is 0 Å². The highest BCUT2D eigenvalue weighted by Gasteiger charge is 2.29. The number of nitrogens with zero attached hydrogens (tertiary/aromatic N) is 3. The quantitative estimate of drug-likeness (QED) is 0.303. The molecule has 0 saturated carbocycles. The fraction of sp³-hybridized carbons (Fsp3) is 0.364. The van der Waals surface area contributed by atoms with Gasteiger partial charge in [-0.2, -0.15) is 0 Å². The summed E-state index contributed by atoms with van der Waals surface area (Å²) in [5.41, 5.74) is 8.46. The van der Waals surface area contributed by atoms with Gasteiger partial charge in [0.05, 0.1) is 0 Å². The number of carbonyl (C=O) groups excluding carboxylic acids is 1. The number of halogens is 1. The number of likely N-dealkylation sites (tertiary alicyclic amines) is 1. The molecule has 0 atom stereocenters. The van der Waals surface area contributed by atoms with E-state index in [2.05, 4.69) is 77.2 Å². The van der Waals surface area contributed by atoms with E-state index in [0.717, 1.165) is 78.4 Å². The summed E-state index contributed by atoms with van der Waals surface area (Å²) < 4.78 is 0. The third-order valence-electron chi connectivity index (χ3n) is 8.71. The molecule has 2 fully saturated rings. The number of hydrogen-bond acceptors (Lipinski definition) is 3. The van der Waals surface area contributed by atoms with E-state index >= 15 is 0 Å². The number of nitrogens with one attached hydrogen (secondary N) is 1. The Balaban J connectivity index is 1.17. The first-order chi connectivity index (χ1) is 19.0. The SMILES string of the molecule is Cc1cccc(C)c1C1CCN(Cc2c(C(=O)N3CCN(c4ccc(Cl)cc4)CC3)[nH]c3ccccc23)CC1. The molecule has 6 rings (SSSR count). The fourth-order valence-corrected chi connectivity index (χ4v) is 6.73. The third-order valence-corrected chi connectivity index (χ3v) is 8.96. The summed E-state index contributed by atoms with van der Waals surface area (Å²) in [7, 11) is 0. The average Bonchev–Trinajstić information content (AvgIpc) is 3.32. The summed E-state index contributed by atoms with van der Waals surface area (Å²) in [6, 6.07) is 23.0. The number of rotatable bonds is 5. The van der Waals surface area contributed by atoms with Crippen molar-refractivity contribution in [2.45, 2.75) is 39.2 Å². The number of amides is 1. The molecule has 5 nitrogen and oxygen atoms in total. The molecule has 2 aliphatic heterocycles. The highest BCUT2D eigenvalue weighted by molar-refractivity contribution is 6.30. The van der Waals surface area contributed by atoms with Crippen molar-refractivity contribution in [1.82, 2.24) is 14.8 Å². The second-order valence-electron chi connectivity index (χ2n) is 11.1. The number of H-pyrrole nitrogens is 1. The highest BCUT2D eigenvalue weighted by atomic mass is 35.5. The molecule has 1 amide bonds. The topological polar surface area (TPSA) is 42.6 Å². The molecule has 2 saturated heterocycles. The number of aromatic nitrogens is 1. The lowest BCUT2D eigenvalue weighted by molar-refractivity contribution is 0.0739. The Hall–Kier alpha value is -3.28. The Morgan fingerprint density at radius 3 is 2.21 bits per heavy atom. The van der Waals surface area contributed by atoms with Crippen LogP contribution in [0, 0.1) is 13.8 Å². The van der Waals surface area contributed by atoms with Crippen molar-refractivity contribution in [3.63, 3.8) is 0 Å². The predicted octanol–water partition coefficient (Wildman–Crippen LogP) is 6.78. The summed E-state index contributed by atoms with van der Waals surface area (Å²) in [6.07, 6.45) is 2.31. The van der Waals surface area contributed by atoms with Gasteiger partial charge in [-0.1, -0.05) is 48.0 Å². The van der Waals surface area contributed by atoms with Gasteiger partial charge in [0, 0.05) is 59.9 Å². The number of benzene rings is 3. The smallest absolute Gasteiger partial charge is 0.270 e. The largest absolute Gasteiger partial charge is 0.368 e. The van der Waals surface area contributed by atoms with Crippen molar-refractivity contribution < 1.29 is 4.79 Å². The van der Waals surface area contributed by atoms with Gasteiger partial charge in [-0.15, -0.1) is 0 Å². The van der Waals surface area contributed by atoms with Gasteiger partial charge in [-0.3, -0.25) is 9.69 Å². The molecule has 0 radical (unpaired) electrons. The van der Waals surface area contributed by atoms with Gasteiger partial charge < -0.3 is 14.8 Å². The first kappa shape index (κ1) is 26.0. The first-order valence-corrected chi connectivity index (χ1v) is 14.5. The number of carbonyl (C=O) groups is 1. The highest BCUT2D eigenvalue weighted by Crippen LogP contribution is 2.34. The molecule has 39 heavy (non-hydrogen) atoms. The van der Waals surface area contributed by atoms with E-state index in [1.54, 1.807) is 0 Å². The molecule has 3 aromatic carbocycles. The molecule has 6 heteroatoms. The maximum absolute atomic E-state index is 13.9.